The van der Waals surface area contributed by atoms with Crippen molar-refractivity contribution in [2.45, 2.75) is 16.3 Å². The van der Waals surface area contributed by atoms with Gasteiger partial charge in [-0.05, 0) is 35.9 Å². The Kier molecular flexibility index (Phi) is 5.80. The van der Waals surface area contributed by atoms with Crippen molar-refractivity contribution in [2.24, 2.45) is 0 Å². The van der Waals surface area contributed by atoms with Crippen molar-refractivity contribution in [1.29, 1.82) is 0 Å². The number of rotatable bonds is 6. The second-order valence-corrected chi connectivity index (χ2v) is 7.55. The topological polar surface area (TPSA) is 123 Å². The molecule has 2 amide bonds. The Bertz CT molecular complexity index is 1040. The molecular formula is C18H17N5O4S. The first-order valence-electron chi connectivity index (χ1n) is 8.14. The van der Waals surface area contributed by atoms with Crippen LogP contribution in [0.25, 0.3) is 0 Å². The van der Waals surface area contributed by atoms with Crippen LogP contribution in [-0.2, 0) is 16.4 Å². The molecule has 2 aromatic heterocycles. The minimum Gasteiger partial charge on any atom is -0.467 e. The van der Waals surface area contributed by atoms with E-state index in [1.54, 1.807) is 18.5 Å². The summed E-state index contributed by atoms with van der Waals surface area (Å²) in [5, 5.41) is 5.33. The number of benzene rings is 1. The Hall–Kier alpha value is -3.53. The molecular weight excluding hydrogens is 382 g/mol. The zero-order chi connectivity index (χ0) is 20.0. The van der Waals surface area contributed by atoms with Gasteiger partial charge in [-0.25, -0.2) is 23.2 Å². The van der Waals surface area contributed by atoms with Crippen LogP contribution >= 0.6 is 0 Å². The van der Waals surface area contributed by atoms with Gasteiger partial charge in [-0.15, -0.1) is 0 Å². The second-order valence-electron chi connectivity index (χ2n) is 5.60. The van der Waals surface area contributed by atoms with Crippen molar-refractivity contribution in [3.05, 3.63) is 66.7 Å². The summed E-state index contributed by atoms with van der Waals surface area (Å²) in [6.07, 6.45) is 5.67. The molecule has 10 heteroatoms. The van der Waals surface area contributed by atoms with Gasteiger partial charge in [-0.3, -0.25) is 4.98 Å². The van der Waals surface area contributed by atoms with E-state index in [-0.39, 0.29) is 15.8 Å². The van der Waals surface area contributed by atoms with Gasteiger partial charge in [0.1, 0.15) is 4.90 Å². The van der Waals surface area contributed by atoms with Gasteiger partial charge >= 0.3 is 12.0 Å². The van der Waals surface area contributed by atoms with Crippen molar-refractivity contribution < 1.29 is 17.9 Å². The first-order chi connectivity index (χ1) is 13.5. The van der Waals surface area contributed by atoms with Crippen molar-refractivity contribution in [3.8, 4) is 6.01 Å². The number of urea groups is 1. The zero-order valence-corrected chi connectivity index (χ0v) is 15.7. The molecule has 0 fully saturated rings. The molecule has 3 rings (SSSR count). The fraction of sp³-hybridized carbons (Fsp3) is 0.111. The van der Waals surface area contributed by atoms with Crippen LogP contribution < -0.4 is 15.4 Å². The summed E-state index contributed by atoms with van der Waals surface area (Å²) < 4.78 is 30.0. The van der Waals surface area contributed by atoms with E-state index in [2.05, 4.69) is 25.6 Å². The number of amides is 2. The van der Waals surface area contributed by atoms with E-state index in [9.17, 15) is 13.2 Å². The summed E-state index contributed by atoms with van der Waals surface area (Å²) in [6.45, 7) is 0.323. The van der Waals surface area contributed by atoms with Crippen LogP contribution in [0.4, 0.5) is 10.5 Å². The fourth-order valence-electron chi connectivity index (χ4n) is 2.26. The Labute approximate surface area is 161 Å². The van der Waals surface area contributed by atoms with Crippen LogP contribution in [0.2, 0.25) is 0 Å². The van der Waals surface area contributed by atoms with E-state index in [4.69, 9.17) is 4.74 Å². The maximum absolute atomic E-state index is 12.6. The number of sulfone groups is 1. The molecule has 144 valence electrons. The highest BCUT2D eigenvalue weighted by Crippen LogP contribution is 2.22. The molecule has 0 radical (unpaired) electrons. The predicted molar refractivity (Wildman–Crippen MR) is 101 cm³/mol. The average molecular weight is 399 g/mol. The molecule has 28 heavy (non-hydrogen) atoms. The number of anilines is 1. The summed E-state index contributed by atoms with van der Waals surface area (Å²) in [6, 6.07) is 9.09. The van der Waals surface area contributed by atoms with Gasteiger partial charge in [0.2, 0.25) is 9.84 Å². The van der Waals surface area contributed by atoms with Crippen LogP contribution in [-0.4, -0.2) is 36.5 Å². The number of carbonyl (C=O) groups excluding carboxylic acids is 1. The summed E-state index contributed by atoms with van der Waals surface area (Å²) in [4.78, 5) is 23.6. The monoisotopic (exact) mass is 399 g/mol. The number of nitrogens with zero attached hydrogens (tertiary/aromatic N) is 3. The molecule has 2 heterocycles. The van der Waals surface area contributed by atoms with Crippen LogP contribution in [0.15, 0.2) is 71.0 Å². The van der Waals surface area contributed by atoms with Crippen molar-refractivity contribution in [2.75, 3.05) is 12.4 Å². The maximum atomic E-state index is 12.6. The maximum Gasteiger partial charge on any atom is 0.319 e. The van der Waals surface area contributed by atoms with Crippen molar-refractivity contribution in [1.82, 2.24) is 20.3 Å². The van der Waals surface area contributed by atoms with Gasteiger partial charge in [0.05, 0.1) is 24.4 Å². The highest BCUT2D eigenvalue weighted by Gasteiger charge is 2.19. The van der Waals surface area contributed by atoms with Gasteiger partial charge in [-0.2, -0.15) is 0 Å². The Morgan fingerprint density at radius 3 is 2.36 bits per heavy atom. The summed E-state index contributed by atoms with van der Waals surface area (Å²) in [7, 11) is -2.38. The number of carbonyl (C=O) groups is 1. The predicted octanol–water partition coefficient (Wildman–Crippen LogP) is 2.03. The zero-order valence-electron chi connectivity index (χ0n) is 14.9. The molecule has 9 nitrogen and oxygen atoms in total. The lowest BCUT2D eigenvalue weighted by Crippen LogP contribution is -2.28. The molecule has 1 aromatic carbocycles. The highest BCUT2D eigenvalue weighted by molar-refractivity contribution is 7.91. The summed E-state index contributed by atoms with van der Waals surface area (Å²) in [5.74, 6) is 0. The lowest BCUT2D eigenvalue weighted by Gasteiger charge is -2.09. The molecule has 0 saturated heterocycles. The SMILES string of the molecule is COc1ncc(S(=O)(=O)c2ccc(NC(=O)NCc3cccnc3)cc2)cn1. The lowest BCUT2D eigenvalue weighted by atomic mass is 10.3. The number of ether oxygens (including phenoxy) is 1. The molecule has 0 aliphatic rings. The third kappa shape index (κ3) is 4.60. The Balaban J connectivity index is 1.64. The minimum absolute atomic E-state index is 0.0526. The number of nitrogens with one attached hydrogen (secondary N) is 2. The quantitative estimate of drug-likeness (QED) is 0.650. The standard InChI is InChI=1S/C18H17N5O4S/c1-27-18-21-11-16(12-22-18)28(25,26)15-6-4-14(5-7-15)23-17(24)20-10-13-3-2-8-19-9-13/h2-9,11-12H,10H2,1H3,(H2,20,23,24). The molecule has 0 aliphatic heterocycles. The van der Waals surface area contributed by atoms with E-state index in [1.165, 1.54) is 43.8 Å². The molecule has 0 bridgehead atoms. The third-order valence-corrected chi connectivity index (χ3v) is 5.42. The number of methoxy groups -OCH3 is 1. The first-order valence-corrected chi connectivity index (χ1v) is 9.62. The van der Waals surface area contributed by atoms with Crippen molar-refractivity contribution >= 4 is 21.6 Å². The van der Waals surface area contributed by atoms with Crippen LogP contribution in [0.3, 0.4) is 0 Å². The summed E-state index contributed by atoms with van der Waals surface area (Å²) >= 11 is 0. The van der Waals surface area contributed by atoms with E-state index >= 15 is 0 Å². The van der Waals surface area contributed by atoms with E-state index in [1.807, 2.05) is 6.07 Å². The molecule has 3 aromatic rings. The number of pyridine rings is 1. The first kappa shape index (κ1) is 19.2. The number of hydrogen-bond acceptors (Lipinski definition) is 7. The number of aromatic nitrogens is 3. The van der Waals surface area contributed by atoms with Crippen LogP contribution in [0.1, 0.15) is 5.56 Å². The Morgan fingerprint density at radius 2 is 1.75 bits per heavy atom. The van der Waals surface area contributed by atoms with Gasteiger partial charge < -0.3 is 15.4 Å². The smallest absolute Gasteiger partial charge is 0.319 e. The molecule has 0 spiro atoms. The van der Waals surface area contributed by atoms with Gasteiger partial charge in [0, 0.05) is 24.6 Å². The molecule has 0 saturated carbocycles. The van der Waals surface area contributed by atoms with Crippen LogP contribution in [0, 0.1) is 0 Å². The average Bonchev–Trinajstić information content (AvgIpc) is 2.73. The van der Waals surface area contributed by atoms with E-state index < -0.39 is 15.9 Å². The Morgan fingerprint density at radius 1 is 1.04 bits per heavy atom. The normalized spacial score (nSPS) is 10.9. The minimum atomic E-state index is -3.77. The van der Waals surface area contributed by atoms with E-state index in [0.29, 0.717) is 12.2 Å². The fourth-order valence-corrected chi connectivity index (χ4v) is 3.41. The largest absolute Gasteiger partial charge is 0.467 e. The highest BCUT2D eigenvalue weighted by atomic mass is 32.2. The second kappa shape index (κ2) is 8.44. The van der Waals surface area contributed by atoms with Gasteiger partial charge in [-0.1, -0.05) is 6.07 Å². The van der Waals surface area contributed by atoms with Crippen LogP contribution in [0.5, 0.6) is 6.01 Å². The van der Waals surface area contributed by atoms with Crippen molar-refractivity contribution in [3.63, 3.8) is 0 Å². The van der Waals surface area contributed by atoms with Gasteiger partial charge in [0.25, 0.3) is 0 Å². The molecule has 0 atom stereocenters. The molecule has 0 aliphatic carbocycles. The molecule has 0 unspecified atom stereocenters. The van der Waals surface area contributed by atoms with Gasteiger partial charge in [0.15, 0.2) is 0 Å². The van der Waals surface area contributed by atoms with E-state index in [0.717, 1.165) is 5.56 Å². The summed E-state index contributed by atoms with van der Waals surface area (Å²) in [5.41, 5.74) is 1.31. The third-order valence-electron chi connectivity index (χ3n) is 3.70. The lowest BCUT2D eigenvalue weighted by molar-refractivity contribution is 0.251. The molecule has 2 N–H and O–H groups in total. The number of hydrogen-bond donors (Lipinski definition) is 2.